The van der Waals surface area contributed by atoms with Gasteiger partial charge in [0.1, 0.15) is 6.61 Å². The number of nitrogens with zero attached hydrogens (tertiary/aromatic N) is 4. The Morgan fingerprint density at radius 1 is 1.21 bits per heavy atom. The summed E-state index contributed by atoms with van der Waals surface area (Å²) in [6.07, 6.45) is 2.18. The summed E-state index contributed by atoms with van der Waals surface area (Å²) < 4.78 is 10.4. The average molecular weight is 487 g/mol. The highest BCUT2D eigenvalue weighted by atomic mass is 32.2. The Balaban J connectivity index is 1.69. The van der Waals surface area contributed by atoms with Gasteiger partial charge in [0.25, 0.3) is 5.69 Å². The van der Waals surface area contributed by atoms with Crippen molar-refractivity contribution in [2.75, 3.05) is 33.4 Å². The second-order valence-electron chi connectivity index (χ2n) is 8.14. The van der Waals surface area contributed by atoms with Gasteiger partial charge in [0.2, 0.25) is 5.91 Å². The van der Waals surface area contributed by atoms with Gasteiger partial charge < -0.3 is 19.3 Å². The number of carbonyl (C=O) groups is 2. The third-order valence-electron chi connectivity index (χ3n) is 5.95. The van der Waals surface area contributed by atoms with Gasteiger partial charge >= 0.3 is 5.97 Å². The van der Waals surface area contributed by atoms with Gasteiger partial charge in [0.15, 0.2) is 5.17 Å². The van der Waals surface area contributed by atoms with E-state index in [4.69, 9.17) is 9.47 Å². The van der Waals surface area contributed by atoms with Crippen LogP contribution in [0.5, 0.6) is 0 Å². The molecule has 0 radical (unpaired) electrons. The van der Waals surface area contributed by atoms with Crippen molar-refractivity contribution in [2.24, 2.45) is 4.99 Å². The lowest BCUT2D eigenvalue weighted by molar-refractivity contribution is -0.384. The van der Waals surface area contributed by atoms with Crippen molar-refractivity contribution in [1.82, 2.24) is 9.80 Å². The van der Waals surface area contributed by atoms with Gasteiger partial charge in [0.05, 0.1) is 35.3 Å². The highest BCUT2D eigenvalue weighted by molar-refractivity contribution is 8.16. The predicted octanol–water partition coefficient (Wildman–Crippen LogP) is 3.37. The van der Waals surface area contributed by atoms with Crippen LogP contribution >= 0.6 is 11.8 Å². The number of carbonyl (C=O) groups excluding carboxylic acids is 2. The number of methoxy groups -OCH3 is 1. The number of hydrogen-bond donors (Lipinski definition) is 0. The van der Waals surface area contributed by atoms with Crippen molar-refractivity contribution in [3.05, 3.63) is 62.3 Å². The number of non-ortho nitro benzene ring substituents is 1. The van der Waals surface area contributed by atoms with Crippen molar-refractivity contribution >= 4 is 34.5 Å². The number of likely N-dealkylation sites (tertiary alicyclic amines) is 1. The number of amidine groups is 1. The zero-order valence-electron chi connectivity index (χ0n) is 19.1. The lowest BCUT2D eigenvalue weighted by Crippen LogP contribution is -2.38. The van der Waals surface area contributed by atoms with Crippen molar-refractivity contribution in [2.45, 2.75) is 32.2 Å². The Hall–Kier alpha value is -3.18. The van der Waals surface area contributed by atoms with Crippen LogP contribution in [-0.4, -0.2) is 65.2 Å². The normalized spacial score (nSPS) is 19.6. The fourth-order valence-electron chi connectivity index (χ4n) is 4.25. The van der Waals surface area contributed by atoms with Gasteiger partial charge in [-0.05, 0) is 42.9 Å². The number of fused-ring (bicyclic) bond motifs is 1. The molecule has 0 unspecified atom stereocenters. The summed E-state index contributed by atoms with van der Waals surface area (Å²) in [7, 11) is 1.52. The standard InChI is InChI=1S/C23H26N4O6S/c1-15-20(22(29)33-12-11-32-2)21(16-5-7-17(8-6-16)27(30)31)26-18(14-34-23(26)24-15)13-19(28)25-9-3-4-10-25/h5-8,14,21H,3-4,9-13H2,1-2H3/t21-/m0/s1. The molecule has 4 rings (SSSR count). The smallest absolute Gasteiger partial charge is 0.338 e. The molecule has 34 heavy (non-hydrogen) atoms. The first-order valence-corrected chi connectivity index (χ1v) is 11.9. The molecular weight excluding hydrogens is 460 g/mol. The van der Waals surface area contributed by atoms with E-state index in [-0.39, 0.29) is 31.2 Å². The number of nitro groups is 1. The average Bonchev–Trinajstić information content (AvgIpc) is 3.49. The molecule has 1 fully saturated rings. The van der Waals surface area contributed by atoms with Crippen molar-refractivity contribution < 1.29 is 24.0 Å². The second kappa shape index (κ2) is 10.4. The molecule has 1 saturated heterocycles. The summed E-state index contributed by atoms with van der Waals surface area (Å²) in [5.41, 5.74) is 2.19. The molecule has 3 aliphatic rings. The molecule has 1 amide bonds. The molecule has 3 heterocycles. The van der Waals surface area contributed by atoms with Crippen LogP contribution < -0.4 is 0 Å². The minimum atomic E-state index is -0.629. The summed E-state index contributed by atoms with van der Waals surface area (Å²) >= 11 is 1.39. The predicted molar refractivity (Wildman–Crippen MR) is 127 cm³/mol. The van der Waals surface area contributed by atoms with E-state index in [2.05, 4.69) is 4.99 Å². The van der Waals surface area contributed by atoms with Gasteiger partial charge in [-0.3, -0.25) is 14.9 Å². The van der Waals surface area contributed by atoms with Gasteiger partial charge in [-0.2, -0.15) is 0 Å². The molecular formula is C23H26N4O6S. The van der Waals surface area contributed by atoms with Crippen LogP contribution in [0.2, 0.25) is 0 Å². The molecule has 1 atom stereocenters. The van der Waals surface area contributed by atoms with Gasteiger partial charge in [-0.1, -0.05) is 11.8 Å². The van der Waals surface area contributed by atoms with Crippen LogP contribution in [0.15, 0.2) is 51.6 Å². The molecule has 3 aliphatic heterocycles. The first kappa shape index (κ1) is 24.0. The molecule has 0 N–H and O–H groups in total. The molecule has 0 bridgehead atoms. The topological polar surface area (TPSA) is 115 Å². The lowest BCUT2D eigenvalue weighted by Gasteiger charge is -2.36. The quantitative estimate of drug-likeness (QED) is 0.238. The van der Waals surface area contributed by atoms with Crippen molar-refractivity contribution in [3.63, 3.8) is 0 Å². The third-order valence-corrected chi connectivity index (χ3v) is 6.84. The molecule has 0 spiro atoms. The van der Waals surface area contributed by atoms with Crippen LogP contribution in [0.1, 0.15) is 37.8 Å². The molecule has 11 heteroatoms. The van der Waals surface area contributed by atoms with Crippen molar-refractivity contribution in [3.8, 4) is 0 Å². The summed E-state index contributed by atoms with van der Waals surface area (Å²) in [5, 5.41) is 13.7. The zero-order chi connectivity index (χ0) is 24.2. The number of ether oxygens (including phenoxy) is 2. The molecule has 180 valence electrons. The van der Waals surface area contributed by atoms with E-state index in [0.717, 1.165) is 31.6 Å². The molecule has 0 aliphatic carbocycles. The molecule has 1 aromatic rings. The maximum atomic E-state index is 13.1. The van der Waals surface area contributed by atoms with E-state index >= 15 is 0 Å². The van der Waals surface area contributed by atoms with Crippen LogP contribution in [0.4, 0.5) is 5.69 Å². The number of allylic oxidation sites excluding steroid dienone is 1. The monoisotopic (exact) mass is 486 g/mol. The number of esters is 1. The number of amides is 1. The van der Waals surface area contributed by atoms with E-state index in [1.165, 1.54) is 31.0 Å². The SMILES string of the molecule is COCCOC(=O)C1=C(C)N=C2SC=C(CC(=O)N3CCCC3)N2[C@H]1c1ccc([N+](=O)[O-])cc1. The molecule has 0 aromatic heterocycles. The van der Waals surface area contributed by atoms with E-state index in [9.17, 15) is 19.7 Å². The number of rotatable bonds is 8. The third kappa shape index (κ3) is 4.85. The minimum Gasteiger partial charge on any atom is -0.460 e. The molecule has 1 aromatic carbocycles. The minimum absolute atomic E-state index is 0.0311. The number of nitro benzene ring substituents is 1. The first-order chi connectivity index (χ1) is 16.4. The van der Waals surface area contributed by atoms with Crippen LogP contribution in [0, 0.1) is 10.1 Å². The number of aliphatic imine (C=N–C) groups is 1. The Morgan fingerprint density at radius 2 is 1.91 bits per heavy atom. The Bertz CT molecular complexity index is 1080. The van der Waals surface area contributed by atoms with Crippen LogP contribution in [-0.2, 0) is 19.1 Å². The maximum absolute atomic E-state index is 13.1. The Kier molecular flexibility index (Phi) is 7.32. The van der Waals surface area contributed by atoms with E-state index < -0.39 is 16.9 Å². The van der Waals surface area contributed by atoms with Gasteiger partial charge in [-0.15, -0.1) is 0 Å². The Labute approximate surface area is 201 Å². The molecule has 0 saturated carbocycles. The van der Waals surface area contributed by atoms with E-state index in [0.29, 0.717) is 22.0 Å². The largest absolute Gasteiger partial charge is 0.460 e. The number of thioether (sulfide) groups is 1. The summed E-state index contributed by atoms with van der Waals surface area (Å²) in [4.78, 5) is 45.1. The number of benzene rings is 1. The van der Waals surface area contributed by atoms with Crippen LogP contribution in [0.25, 0.3) is 0 Å². The van der Waals surface area contributed by atoms with E-state index in [1.807, 2.05) is 15.2 Å². The Morgan fingerprint density at radius 3 is 2.56 bits per heavy atom. The first-order valence-electron chi connectivity index (χ1n) is 11.0. The van der Waals surface area contributed by atoms with Gasteiger partial charge in [0, 0.05) is 38.0 Å². The van der Waals surface area contributed by atoms with Crippen molar-refractivity contribution in [1.29, 1.82) is 0 Å². The summed E-state index contributed by atoms with van der Waals surface area (Å²) in [6.45, 7) is 3.58. The maximum Gasteiger partial charge on any atom is 0.338 e. The summed E-state index contributed by atoms with van der Waals surface area (Å²) in [5.74, 6) is -0.508. The number of hydrogen-bond acceptors (Lipinski definition) is 9. The van der Waals surface area contributed by atoms with E-state index in [1.54, 1.807) is 19.1 Å². The highest BCUT2D eigenvalue weighted by Gasteiger charge is 2.41. The highest BCUT2D eigenvalue weighted by Crippen LogP contribution is 2.45. The summed E-state index contributed by atoms with van der Waals surface area (Å²) in [6, 6.07) is 5.45. The fraction of sp³-hybridized carbons (Fsp3) is 0.435. The zero-order valence-corrected chi connectivity index (χ0v) is 19.9. The second-order valence-corrected chi connectivity index (χ2v) is 8.97. The lowest BCUT2D eigenvalue weighted by atomic mass is 9.93. The molecule has 10 nitrogen and oxygen atoms in total. The fourth-order valence-corrected chi connectivity index (χ4v) is 5.22. The van der Waals surface area contributed by atoms with Crippen LogP contribution in [0.3, 0.4) is 0 Å². The van der Waals surface area contributed by atoms with Gasteiger partial charge in [-0.25, -0.2) is 9.79 Å².